The van der Waals surface area contributed by atoms with E-state index in [-0.39, 0.29) is 29.4 Å². The van der Waals surface area contributed by atoms with Crippen LogP contribution in [0.4, 0.5) is 17.1 Å². The molecule has 0 atom stereocenters. The van der Waals surface area contributed by atoms with E-state index in [1.807, 2.05) is 26.0 Å². The molecule has 6 rings (SSSR count). The van der Waals surface area contributed by atoms with Gasteiger partial charge in [-0.05, 0) is 90.4 Å². The molecule has 0 saturated carbocycles. The predicted molar refractivity (Wildman–Crippen MR) is 195 cm³/mol. The second-order valence-electron chi connectivity index (χ2n) is 13.4. The van der Waals surface area contributed by atoms with E-state index in [0.717, 1.165) is 42.9 Å². The van der Waals surface area contributed by atoms with Crippen molar-refractivity contribution >= 4 is 22.8 Å². The number of likely N-dealkylation sites (N-methyl/N-ethyl adjacent to an activating group) is 1. The first-order chi connectivity index (χ1) is 22.0. The Labute approximate surface area is 295 Å². The first kappa shape index (κ1) is 36.1. The average Bonchev–Trinajstić information content (AvgIpc) is 3.37. The maximum atomic E-state index is 6.78. The number of anilines is 2. The second-order valence-corrected chi connectivity index (χ2v) is 13.4. The van der Waals surface area contributed by atoms with Gasteiger partial charge in [0, 0.05) is 59.6 Å². The fourth-order valence-corrected chi connectivity index (χ4v) is 7.20. The molecule has 0 spiro atoms. The molecule has 3 aromatic rings. The Morgan fingerprint density at radius 2 is 1.66 bits per heavy atom. The molecule has 1 radical (unpaired) electrons. The SMILES string of the molecule is CC.CCc1ccc(OC2=C(/C=C/C3=[N+](C)c4cc[c-]cc4C3(C)C)CCC/C2=C\C=C2\N(C)c3ccc(N)cc3C2(C)C)cc1.[V]. The van der Waals surface area contributed by atoms with Crippen LogP contribution in [-0.2, 0) is 35.8 Å². The van der Waals surface area contributed by atoms with Gasteiger partial charge in [0.25, 0.3) is 0 Å². The van der Waals surface area contributed by atoms with Gasteiger partial charge in [0.05, 0.1) is 0 Å². The Morgan fingerprint density at radius 3 is 2.34 bits per heavy atom. The van der Waals surface area contributed by atoms with E-state index in [9.17, 15) is 0 Å². The quantitative estimate of drug-likeness (QED) is 0.162. The zero-order valence-electron chi connectivity index (χ0n) is 29.7. The van der Waals surface area contributed by atoms with E-state index >= 15 is 0 Å². The number of ether oxygens (including phenoxy) is 1. The summed E-state index contributed by atoms with van der Waals surface area (Å²) in [6.07, 6.45) is 13.2. The number of hydrogen-bond donors (Lipinski definition) is 1. The first-order valence-corrected chi connectivity index (χ1v) is 16.9. The number of fused-ring (bicyclic) bond motifs is 2. The van der Waals surface area contributed by atoms with Crippen LogP contribution in [0, 0.1) is 6.07 Å². The standard InChI is InChI=1S/C40H45N3O.C2H6.V/c1-8-27-16-21-31(22-17-27)44-38-28(18-24-36-39(2,3)32-14-9-10-15-34(32)42(36)6)12-11-13-29(38)19-25-37-40(4,5)33-26-30(41)20-23-35(33)43(37)7;1-2;/h10,14-26H,8,11-13,41H2,1-7H3;1-2H3;. The number of rotatable bonds is 6. The van der Waals surface area contributed by atoms with Crippen molar-refractivity contribution in [3.63, 3.8) is 0 Å². The number of hydrogen-bond acceptors (Lipinski definition) is 3. The molecule has 245 valence electrons. The number of benzene rings is 3. The van der Waals surface area contributed by atoms with E-state index in [2.05, 4.69) is 137 Å². The van der Waals surface area contributed by atoms with Gasteiger partial charge in [0.2, 0.25) is 0 Å². The molecular formula is C42H51N3OV. The monoisotopic (exact) mass is 664 g/mol. The maximum Gasteiger partial charge on any atom is 0.178 e. The Kier molecular flexibility index (Phi) is 11.2. The van der Waals surface area contributed by atoms with E-state index in [4.69, 9.17) is 10.5 Å². The van der Waals surface area contributed by atoms with Crippen LogP contribution >= 0.6 is 0 Å². The van der Waals surface area contributed by atoms with E-state index in [1.54, 1.807) is 0 Å². The van der Waals surface area contributed by atoms with Gasteiger partial charge < -0.3 is 15.4 Å². The van der Waals surface area contributed by atoms with E-state index < -0.39 is 0 Å². The summed E-state index contributed by atoms with van der Waals surface area (Å²) in [4.78, 5) is 2.30. The van der Waals surface area contributed by atoms with Crippen LogP contribution in [-0.4, -0.2) is 24.4 Å². The van der Waals surface area contributed by atoms with E-state index in [0.29, 0.717) is 0 Å². The van der Waals surface area contributed by atoms with Crippen molar-refractivity contribution < 1.29 is 27.9 Å². The Bertz CT molecular complexity index is 1770. The van der Waals surface area contributed by atoms with Crippen molar-refractivity contribution in [1.82, 2.24) is 0 Å². The van der Waals surface area contributed by atoms with Crippen LogP contribution in [0.3, 0.4) is 0 Å². The van der Waals surface area contributed by atoms with Gasteiger partial charge >= 0.3 is 0 Å². The molecule has 0 unspecified atom stereocenters. The molecule has 0 aromatic heterocycles. The van der Waals surface area contributed by atoms with Gasteiger partial charge in [-0.25, -0.2) is 4.58 Å². The minimum Gasteiger partial charge on any atom is -0.457 e. The molecule has 2 heterocycles. The van der Waals surface area contributed by atoms with Crippen LogP contribution < -0.4 is 15.4 Å². The average molecular weight is 665 g/mol. The summed E-state index contributed by atoms with van der Waals surface area (Å²) in [5.74, 6) is 1.84. The summed E-state index contributed by atoms with van der Waals surface area (Å²) in [7, 11) is 4.32. The van der Waals surface area contributed by atoms with Crippen LogP contribution in [0.1, 0.15) is 84.4 Å². The summed E-state index contributed by atoms with van der Waals surface area (Å²) >= 11 is 0. The molecule has 47 heavy (non-hydrogen) atoms. The first-order valence-electron chi connectivity index (χ1n) is 16.9. The molecule has 0 fully saturated rings. The van der Waals surface area contributed by atoms with Crippen LogP contribution in [0.5, 0.6) is 5.75 Å². The van der Waals surface area contributed by atoms with Gasteiger partial charge in [0.1, 0.15) is 24.2 Å². The molecule has 0 bridgehead atoms. The molecule has 3 aliphatic rings. The molecule has 5 heteroatoms. The largest absolute Gasteiger partial charge is 0.457 e. The minimum atomic E-state index is -0.156. The minimum absolute atomic E-state index is 0. The summed E-state index contributed by atoms with van der Waals surface area (Å²) in [5, 5.41) is 0. The Balaban J connectivity index is 0.00000164. The topological polar surface area (TPSA) is 41.5 Å². The number of aryl methyl sites for hydroxylation is 1. The Hall–Kier alpha value is -3.73. The summed E-state index contributed by atoms with van der Waals surface area (Å²) in [6, 6.07) is 24.3. The van der Waals surface area contributed by atoms with Crippen molar-refractivity contribution in [2.75, 3.05) is 24.7 Å². The molecule has 4 nitrogen and oxygen atoms in total. The third kappa shape index (κ3) is 6.82. The van der Waals surface area contributed by atoms with Crippen molar-refractivity contribution in [3.05, 3.63) is 130 Å². The molecule has 3 aromatic carbocycles. The zero-order chi connectivity index (χ0) is 33.2. The number of nitrogens with two attached hydrogens (primary N) is 1. The van der Waals surface area contributed by atoms with Gasteiger partial charge in [-0.15, -0.1) is 6.07 Å². The fourth-order valence-electron chi connectivity index (χ4n) is 7.20. The third-order valence-electron chi connectivity index (χ3n) is 9.85. The molecule has 2 aliphatic heterocycles. The second kappa shape index (κ2) is 14.6. The number of allylic oxidation sites excluding steroid dienone is 7. The maximum absolute atomic E-state index is 6.78. The van der Waals surface area contributed by atoms with E-state index in [1.165, 1.54) is 50.6 Å². The summed E-state index contributed by atoms with van der Waals surface area (Å²) < 4.78 is 9.10. The molecule has 1 aliphatic carbocycles. The number of nitrogens with zero attached hydrogens (tertiary/aromatic N) is 2. The van der Waals surface area contributed by atoms with Crippen LogP contribution in [0.2, 0.25) is 0 Å². The van der Waals surface area contributed by atoms with Crippen molar-refractivity contribution in [3.8, 4) is 5.75 Å². The zero-order valence-corrected chi connectivity index (χ0v) is 31.1. The van der Waals surface area contributed by atoms with Crippen LogP contribution in [0.15, 0.2) is 108 Å². The van der Waals surface area contributed by atoms with Gasteiger partial charge in [-0.1, -0.05) is 72.2 Å². The summed E-state index contributed by atoms with van der Waals surface area (Å²) in [5.41, 5.74) is 18.1. The smallest absolute Gasteiger partial charge is 0.178 e. The molecule has 0 amide bonds. The predicted octanol–water partition coefficient (Wildman–Crippen LogP) is 9.97. The van der Waals surface area contributed by atoms with Crippen molar-refractivity contribution in [2.24, 2.45) is 0 Å². The third-order valence-corrected chi connectivity index (χ3v) is 9.85. The normalized spacial score (nSPS) is 19.5. The molecular weight excluding hydrogens is 613 g/mol. The van der Waals surface area contributed by atoms with Gasteiger partial charge in [0.15, 0.2) is 5.71 Å². The van der Waals surface area contributed by atoms with Crippen molar-refractivity contribution in [2.45, 2.75) is 85.0 Å². The van der Waals surface area contributed by atoms with Gasteiger partial charge in [-0.2, -0.15) is 18.2 Å². The molecule has 2 N–H and O–H groups in total. The van der Waals surface area contributed by atoms with Gasteiger partial charge in [-0.3, -0.25) is 0 Å². The molecule has 0 saturated heterocycles. The van der Waals surface area contributed by atoms with Crippen molar-refractivity contribution in [1.29, 1.82) is 0 Å². The number of nitrogen functional groups attached to an aromatic ring is 1. The van der Waals surface area contributed by atoms with Crippen LogP contribution in [0.25, 0.3) is 0 Å². The fraction of sp³-hybridized carbons (Fsp3) is 0.357. The summed E-state index contributed by atoms with van der Waals surface area (Å²) in [6.45, 7) is 15.3. The Morgan fingerprint density at radius 1 is 0.936 bits per heavy atom.